The third-order valence-electron chi connectivity index (χ3n) is 2.23. The Kier molecular flexibility index (Phi) is 5.70. The van der Waals surface area contributed by atoms with Crippen molar-refractivity contribution in [1.29, 1.82) is 0 Å². The number of hydrogen-bond donors (Lipinski definition) is 2. The summed E-state index contributed by atoms with van der Waals surface area (Å²) in [5, 5.41) is 0. The van der Waals surface area contributed by atoms with E-state index in [9.17, 15) is 9.59 Å². The Bertz CT molecular complexity index is 392. The van der Waals surface area contributed by atoms with Gasteiger partial charge in [-0.15, -0.1) is 0 Å². The van der Waals surface area contributed by atoms with Crippen molar-refractivity contribution in [2.45, 2.75) is 32.8 Å². The lowest BCUT2D eigenvalue weighted by Gasteiger charge is -2.14. The molecular weight excluding hydrogens is 232 g/mol. The first-order chi connectivity index (χ1) is 8.63. The SMILES string of the molecule is CCCC(=O)NNC(=O)[C@H](C)Oc1ccccc1. The van der Waals surface area contributed by atoms with Gasteiger partial charge in [0.25, 0.3) is 5.91 Å². The molecule has 1 atom stereocenters. The van der Waals surface area contributed by atoms with Crippen LogP contribution in [0, 0.1) is 0 Å². The van der Waals surface area contributed by atoms with Crippen LogP contribution in [0.5, 0.6) is 5.75 Å². The average Bonchev–Trinajstić information content (AvgIpc) is 2.37. The Morgan fingerprint density at radius 2 is 1.89 bits per heavy atom. The van der Waals surface area contributed by atoms with E-state index >= 15 is 0 Å². The van der Waals surface area contributed by atoms with Crippen molar-refractivity contribution in [3.63, 3.8) is 0 Å². The summed E-state index contributed by atoms with van der Waals surface area (Å²) >= 11 is 0. The molecule has 18 heavy (non-hydrogen) atoms. The monoisotopic (exact) mass is 250 g/mol. The number of benzene rings is 1. The van der Waals surface area contributed by atoms with Gasteiger partial charge in [-0.3, -0.25) is 20.4 Å². The van der Waals surface area contributed by atoms with Crippen LogP contribution in [-0.4, -0.2) is 17.9 Å². The molecule has 98 valence electrons. The highest BCUT2D eigenvalue weighted by atomic mass is 16.5. The number of hydrazine groups is 1. The molecule has 0 fully saturated rings. The van der Waals surface area contributed by atoms with E-state index in [0.29, 0.717) is 12.2 Å². The minimum absolute atomic E-state index is 0.210. The fourth-order valence-electron chi connectivity index (χ4n) is 1.28. The Balaban J connectivity index is 2.35. The van der Waals surface area contributed by atoms with Crippen LogP contribution >= 0.6 is 0 Å². The third-order valence-corrected chi connectivity index (χ3v) is 2.23. The fourth-order valence-corrected chi connectivity index (χ4v) is 1.28. The number of hydrogen-bond acceptors (Lipinski definition) is 3. The molecule has 5 nitrogen and oxygen atoms in total. The van der Waals surface area contributed by atoms with Gasteiger partial charge in [0.1, 0.15) is 5.75 Å². The van der Waals surface area contributed by atoms with Crippen LogP contribution in [0.2, 0.25) is 0 Å². The standard InChI is InChI=1S/C13H18N2O3/c1-3-7-12(16)14-15-13(17)10(2)18-11-8-5-4-6-9-11/h4-6,8-10H,3,7H2,1-2H3,(H,14,16)(H,15,17)/t10-/m0/s1. The average molecular weight is 250 g/mol. The summed E-state index contributed by atoms with van der Waals surface area (Å²) in [5.74, 6) is 0.0149. The van der Waals surface area contributed by atoms with Crippen LogP contribution in [-0.2, 0) is 9.59 Å². The summed E-state index contributed by atoms with van der Waals surface area (Å²) < 4.78 is 5.41. The van der Waals surface area contributed by atoms with E-state index in [1.54, 1.807) is 19.1 Å². The third kappa shape index (κ3) is 4.86. The van der Waals surface area contributed by atoms with Crippen molar-refractivity contribution < 1.29 is 14.3 Å². The molecule has 0 bridgehead atoms. The van der Waals surface area contributed by atoms with Gasteiger partial charge >= 0.3 is 0 Å². The molecule has 5 heteroatoms. The Labute approximate surface area is 106 Å². The topological polar surface area (TPSA) is 67.4 Å². The van der Waals surface area contributed by atoms with Crippen molar-refractivity contribution in [2.24, 2.45) is 0 Å². The normalized spacial score (nSPS) is 11.4. The summed E-state index contributed by atoms with van der Waals surface area (Å²) in [6.07, 6.45) is 0.445. The molecule has 0 unspecified atom stereocenters. The van der Waals surface area contributed by atoms with Crippen LogP contribution in [0.3, 0.4) is 0 Å². The minimum atomic E-state index is -0.672. The van der Waals surface area contributed by atoms with E-state index in [1.165, 1.54) is 0 Å². The fraction of sp³-hybridized carbons (Fsp3) is 0.385. The molecule has 0 heterocycles. The van der Waals surface area contributed by atoms with Crippen molar-refractivity contribution in [1.82, 2.24) is 10.9 Å². The second-order valence-electron chi connectivity index (χ2n) is 3.86. The number of rotatable bonds is 5. The highest BCUT2D eigenvalue weighted by Gasteiger charge is 2.14. The summed E-state index contributed by atoms with van der Waals surface area (Å²) in [6, 6.07) is 9.04. The predicted octanol–water partition coefficient (Wildman–Crippen LogP) is 1.40. The molecule has 0 aromatic heterocycles. The van der Waals surface area contributed by atoms with E-state index in [1.807, 2.05) is 25.1 Å². The first-order valence-electron chi connectivity index (χ1n) is 5.94. The number of nitrogens with one attached hydrogen (secondary N) is 2. The molecule has 0 aliphatic heterocycles. The zero-order chi connectivity index (χ0) is 13.4. The van der Waals surface area contributed by atoms with Gasteiger partial charge in [-0.2, -0.15) is 0 Å². The van der Waals surface area contributed by atoms with Gasteiger partial charge in [-0.1, -0.05) is 25.1 Å². The van der Waals surface area contributed by atoms with Crippen LogP contribution in [0.25, 0.3) is 0 Å². The van der Waals surface area contributed by atoms with Gasteiger partial charge in [-0.25, -0.2) is 0 Å². The molecule has 0 radical (unpaired) electrons. The van der Waals surface area contributed by atoms with E-state index in [0.717, 1.165) is 6.42 Å². The van der Waals surface area contributed by atoms with Crippen LogP contribution < -0.4 is 15.6 Å². The van der Waals surface area contributed by atoms with Gasteiger partial charge in [0.05, 0.1) is 0 Å². The quantitative estimate of drug-likeness (QED) is 0.776. The molecular formula is C13H18N2O3. The summed E-state index contributed by atoms with van der Waals surface area (Å²) in [7, 11) is 0. The molecule has 2 N–H and O–H groups in total. The Hall–Kier alpha value is -2.04. The zero-order valence-electron chi connectivity index (χ0n) is 10.6. The Morgan fingerprint density at radius 1 is 1.22 bits per heavy atom. The van der Waals surface area contributed by atoms with Crippen LogP contribution in [0.4, 0.5) is 0 Å². The van der Waals surface area contributed by atoms with Crippen molar-refractivity contribution in [3.8, 4) is 5.75 Å². The van der Waals surface area contributed by atoms with Crippen LogP contribution in [0.15, 0.2) is 30.3 Å². The number of carbonyl (C=O) groups is 2. The number of para-hydroxylation sites is 1. The van der Waals surface area contributed by atoms with E-state index in [-0.39, 0.29) is 11.8 Å². The lowest BCUT2D eigenvalue weighted by molar-refractivity contribution is -0.132. The molecule has 0 aliphatic rings. The number of ether oxygens (including phenoxy) is 1. The zero-order valence-corrected chi connectivity index (χ0v) is 10.6. The lowest BCUT2D eigenvalue weighted by Crippen LogP contribution is -2.47. The molecule has 2 amide bonds. The highest BCUT2D eigenvalue weighted by molar-refractivity contribution is 5.84. The summed E-state index contributed by atoms with van der Waals surface area (Å²) in [5.41, 5.74) is 4.66. The van der Waals surface area contributed by atoms with E-state index in [2.05, 4.69) is 10.9 Å². The lowest BCUT2D eigenvalue weighted by atomic mass is 10.3. The molecule has 0 saturated carbocycles. The van der Waals surface area contributed by atoms with Gasteiger partial charge in [0.2, 0.25) is 5.91 Å². The van der Waals surface area contributed by atoms with Crippen molar-refractivity contribution in [3.05, 3.63) is 30.3 Å². The highest BCUT2D eigenvalue weighted by Crippen LogP contribution is 2.10. The number of carbonyl (C=O) groups excluding carboxylic acids is 2. The number of amides is 2. The van der Waals surface area contributed by atoms with Crippen molar-refractivity contribution >= 4 is 11.8 Å². The van der Waals surface area contributed by atoms with Gasteiger partial charge in [0, 0.05) is 6.42 Å². The van der Waals surface area contributed by atoms with E-state index in [4.69, 9.17) is 4.74 Å². The summed E-state index contributed by atoms with van der Waals surface area (Å²) in [6.45, 7) is 3.51. The largest absolute Gasteiger partial charge is 0.481 e. The first kappa shape index (κ1) is 14.0. The van der Waals surface area contributed by atoms with Gasteiger partial charge in [0.15, 0.2) is 6.10 Å². The molecule has 1 aromatic carbocycles. The van der Waals surface area contributed by atoms with Gasteiger partial charge in [-0.05, 0) is 25.5 Å². The molecule has 0 spiro atoms. The smallest absolute Gasteiger partial charge is 0.279 e. The first-order valence-corrected chi connectivity index (χ1v) is 5.94. The second kappa shape index (κ2) is 7.32. The molecule has 1 rings (SSSR count). The molecule has 0 saturated heterocycles. The molecule has 1 aromatic rings. The second-order valence-corrected chi connectivity index (χ2v) is 3.86. The Morgan fingerprint density at radius 3 is 2.50 bits per heavy atom. The van der Waals surface area contributed by atoms with Crippen molar-refractivity contribution in [2.75, 3.05) is 0 Å². The molecule has 0 aliphatic carbocycles. The predicted molar refractivity (Wildman–Crippen MR) is 67.7 cm³/mol. The van der Waals surface area contributed by atoms with Crippen LogP contribution in [0.1, 0.15) is 26.7 Å². The maximum atomic E-state index is 11.6. The minimum Gasteiger partial charge on any atom is -0.481 e. The van der Waals surface area contributed by atoms with E-state index < -0.39 is 6.10 Å². The summed E-state index contributed by atoms with van der Waals surface area (Å²) in [4.78, 5) is 22.8. The maximum Gasteiger partial charge on any atom is 0.279 e. The van der Waals surface area contributed by atoms with Gasteiger partial charge < -0.3 is 4.74 Å². The maximum absolute atomic E-state index is 11.6.